The molecular weight excluding hydrogens is 290 g/mol. The summed E-state index contributed by atoms with van der Waals surface area (Å²) in [5, 5.41) is 12.1. The van der Waals surface area contributed by atoms with Crippen LogP contribution in [0.3, 0.4) is 0 Å². The predicted octanol–water partition coefficient (Wildman–Crippen LogP) is 1.84. The first-order chi connectivity index (χ1) is 11.1. The van der Waals surface area contributed by atoms with E-state index in [1.165, 1.54) is 5.56 Å². The summed E-state index contributed by atoms with van der Waals surface area (Å²) in [6.07, 6.45) is 2.62. The quantitative estimate of drug-likeness (QED) is 0.755. The number of urea groups is 1. The van der Waals surface area contributed by atoms with Crippen molar-refractivity contribution in [2.45, 2.75) is 32.0 Å². The van der Waals surface area contributed by atoms with Crippen LogP contribution in [0.1, 0.15) is 18.9 Å². The van der Waals surface area contributed by atoms with Gasteiger partial charge < -0.3 is 15.3 Å². The van der Waals surface area contributed by atoms with Crippen LogP contribution in [-0.4, -0.2) is 59.3 Å². The molecule has 0 radical (unpaired) electrons. The average Bonchev–Trinajstić information content (AvgIpc) is 2.87. The number of likely N-dealkylation sites (tertiary alicyclic amines) is 1. The fraction of sp³-hybridized carbons (Fsp3) is 0.500. The van der Waals surface area contributed by atoms with E-state index in [0.717, 1.165) is 19.5 Å². The SMILES string of the molecule is C=CCN(CCO)C(=O)NC1CC(C)N(Cc2ccccc2)C1. The number of carbonyl (C=O) groups is 1. The summed E-state index contributed by atoms with van der Waals surface area (Å²) in [5.74, 6) is 0. The number of nitrogens with one attached hydrogen (secondary N) is 1. The van der Waals surface area contributed by atoms with Crippen molar-refractivity contribution in [2.75, 3.05) is 26.2 Å². The Bertz CT molecular complexity index is 506. The van der Waals surface area contributed by atoms with E-state index in [4.69, 9.17) is 5.11 Å². The molecule has 0 saturated carbocycles. The van der Waals surface area contributed by atoms with E-state index in [9.17, 15) is 4.79 Å². The molecule has 1 heterocycles. The zero-order valence-electron chi connectivity index (χ0n) is 13.8. The Morgan fingerprint density at radius 2 is 2.22 bits per heavy atom. The van der Waals surface area contributed by atoms with Gasteiger partial charge >= 0.3 is 6.03 Å². The largest absolute Gasteiger partial charge is 0.395 e. The number of carbonyl (C=O) groups excluding carboxylic acids is 1. The first-order valence-electron chi connectivity index (χ1n) is 8.19. The second kappa shape index (κ2) is 8.70. The van der Waals surface area contributed by atoms with E-state index >= 15 is 0 Å². The van der Waals surface area contributed by atoms with Gasteiger partial charge in [0.2, 0.25) is 0 Å². The summed E-state index contributed by atoms with van der Waals surface area (Å²) >= 11 is 0. The summed E-state index contributed by atoms with van der Waals surface area (Å²) in [6, 6.07) is 10.8. The normalized spacial score (nSPS) is 21.1. The Kier molecular flexibility index (Phi) is 6.62. The van der Waals surface area contributed by atoms with Crippen molar-refractivity contribution in [2.24, 2.45) is 0 Å². The van der Waals surface area contributed by atoms with Crippen LogP contribution >= 0.6 is 0 Å². The van der Waals surface area contributed by atoms with Gasteiger partial charge in [-0.2, -0.15) is 0 Å². The van der Waals surface area contributed by atoms with Gasteiger partial charge in [0.25, 0.3) is 0 Å². The van der Waals surface area contributed by atoms with Gasteiger partial charge in [-0.05, 0) is 18.9 Å². The lowest BCUT2D eigenvalue weighted by atomic mass is 10.2. The minimum Gasteiger partial charge on any atom is -0.395 e. The Labute approximate surface area is 138 Å². The minimum atomic E-state index is -0.127. The van der Waals surface area contributed by atoms with Crippen molar-refractivity contribution in [1.29, 1.82) is 0 Å². The minimum absolute atomic E-state index is 0.0392. The van der Waals surface area contributed by atoms with Gasteiger partial charge in [0.05, 0.1) is 6.61 Å². The molecule has 2 amide bonds. The molecule has 2 N–H and O–H groups in total. The second-order valence-electron chi connectivity index (χ2n) is 6.10. The zero-order valence-corrected chi connectivity index (χ0v) is 13.8. The van der Waals surface area contributed by atoms with Crippen LogP contribution in [0.25, 0.3) is 0 Å². The molecule has 1 aromatic carbocycles. The maximum Gasteiger partial charge on any atom is 0.318 e. The van der Waals surface area contributed by atoms with Crippen LogP contribution in [0.4, 0.5) is 4.79 Å². The van der Waals surface area contributed by atoms with Gasteiger partial charge in [0, 0.05) is 38.3 Å². The number of nitrogens with zero attached hydrogens (tertiary/aromatic N) is 2. The third-order valence-electron chi connectivity index (χ3n) is 4.27. The van der Waals surface area contributed by atoms with E-state index in [1.807, 2.05) is 6.07 Å². The van der Waals surface area contributed by atoms with Crippen LogP contribution in [-0.2, 0) is 6.54 Å². The highest BCUT2D eigenvalue weighted by Crippen LogP contribution is 2.20. The van der Waals surface area contributed by atoms with Crippen molar-refractivity contribution in [1.82, 2.24) is 15.1 Å². The van der Waals surface area contributed by atoms with E-state index in [-0.39, 0.29) is 18.7 Å². The summed E-state index contributed by atoms with van der Waals surface area (Å²) in [5.41, 5.74) is 1.29. The van der Waals surface area contributed by atoms with Crippen molar-refractivity contribution < 1.29 is 9.90 Å². The van der Waals surface area contributed by atoms with Crippen molar-refractivity contribution >= 4 is 6.03 Å². The lowest BCUT2D eigenvalue weighted by Crippen LogP contribution is -2.46. The van der Waals surface area contributed by atoms with Crippen LogP contribution < -0.4 is 5.32 Å². The van der Waals surface area contributed by atoms with Gasteiger partial charge in [0.1, 0.15) is 0 Å². The molecule has 1 fully saturated rings. The molecule has 2 unspecified atom stereocenters. The molecular formula is C18H27N3O2. The molecule has 2 atom stereocenters. The number of benzene rings is 1. The van der Waals surface area contributed by atoms with Crippen molar-refractivity contribution in [3.63, 3.8) is 0 Å². The summed E-state index contributed by atoms with van der Waals surface area (Å²) in [7, 11) is 0. The maximum atomic E-state index is 12.3. The van der Waals surface area contributed by atoms with Crippen LogP contribution in [0, 0.1) is 0 Å². The van der Waals surface area contributed by atoms with E-state index in [0.29, 0.717) is 19.1 Å². The molecule has 1 aromatic rings. The Hall–Kier alpha value is -1.85. The molecule has 126 valence electrons. The van der Waals surface area contributed by atoms with Gasteiger partial charge in [-0.25, -0.2) is 4.79 Å². The monoisotopic (exact) mass is 317 g/mol. The first kappa shape index (κ1) is 17.5. The molecule has 0 spiro atoms. The van der Waals surface area contributed by atoms with E-state index < -0.39 is 0 Å². The highest BCUT2D eigenvalue weighted by Gasteiger charge is 2.30. The second-order valence-corrected chi connectivity index (χ2v) is 6.10. The number of aliphatic hydroxyl groups is 1. The maximum absolute atomic E-state index is 12.3. The van der Waals surface area contributed by atoms with Gasteiger partial charge in [0.15, 0.2) is 0 Å². The Morgan fingerprint density at radius 3 is 2.87 bits per heavy atom. The van der Waals surface area contributed by atoms with Crippen molar-refractivity contribution in [3.05, 3.63) is 48.6 Å². The molecule has 5 heteroatoms. The zero-order chi connectivity index (χ0) is 16.7. The van der Waals surface area contributed by atoms with Crippen LogP contribution in [0.5, 0.6) is 0 Å². The van der Waals surface area contributed by atoms with Crippen LogP contribution in [0.15, 0.2) is 43.0 Å². The summed E-state index contributed by atoms with van der Waals surface area (Å²) in [6.45, 7) is 8.34. The fourth-order valence-corrected chi connectivity index (χ4v) is 3.06. The number of aliphatic hydroxyl groups excluding tert-OH is 1. The molecule has 1 aliphatic heterocycles. The summed E-state index contributed by atoms with van der Waals surface area (Å²) in [4.78, 5) is 16.3. The van der Waals surface area contributed by atoms with Gasteiger partial charge in [-0.1, -0.05) is 36.4 Å². The fourth-order valence-electron chi connectivity index (χ4n) is 3.06. The van der Waals surface area contributed by atoms with Crippen molar-refractivity contribution in [3.8, 4) is 0 Å². The topological polar surface area (TPSA) is 55.8 Å². The summed E-state index contributed by atoms with van der Waals surface area (Å²) < 4.78 is 0. The number of rotatable bonds is 7. The third kappa shape index (κ3) is 5.08. The van der Waals surface area contributed by atoms with E-state index in [1.54, 1.807) is 11.0 Å². The first-order valence-corrected chi connectivity index (χ1v) is 8.19. The molecule has 0 aliphatic carbocycles. The standard InChI is InChI=1S/C18H27N3O2/c1-3-9-20(10-11-22)18(23)19-17-12-15(2)21(14-17)13-16-7-5-4-6-8-16/h3-8,15,17,22H,1,9-14H2,2H3,(H,19,23). The smallest absolute Gasteiger partial charge is 0.318 e. The third-order valence-corrected chi connectivity index (χ3v) is 4.27. The molecule has 0 bridgehead atoms. The molecule has 1 aliphatic rings. The predicted molar refractivity (Wildman–Crippen MR) is 92.1 cm³/mol. The highest BCUT2D eigenvalue weighted by molar-refractivity contribution is 5.74. The Morgan fingerprint density at radius 1 is 1.48 bits per heavy atom. The molecule has 23 heavy (non-hydrogen) atoms. The van der Waals surface area contributed by atoms with Gasteiger partial charge in [-0.15, -0.1) is 6.58 Å². The molecule has 1 saturated heterocycles. The molecule has 5 nitrogen and oxygen atoms in total. The molecule has 0 aromatic heterocycles. The van der Waals surface area contributed by atoms with Crippen LogP contribution in [0.2, 0.25) is 0 Å². The number of amides is 2. The van der Waals surface area contributed by atoms with E-state index in [2.05, 4.69) is 48.0 Å². The number of hydrogen-bond donors (Lipinski definition) is 2. The molecule has 2 rings (SSSR count). The lowest BCUT2D eigenvalue weighted by Gasteiger charge is -2.23. The van der Waals surface area contributed by atoms with Gasteiger partial charge in [-0.3, -0.25) is 4.90 Å². The Balaban J connectivity index is 1.87. The average molecular weight is 317 g/mol. The lowest BCUT2D eigenvalue weighted by molar-refractivity contribution is 0.180. The number of hydrogen-bond acceptors (Lipinski definition) is 3. The highest BCUT2D eigenvalue weighted by atomic mass is 16.3.